The Kier molecular flexibility index (Phi) is 7.32. The minimum absolute atomic E-state index is 0.100. The molecule has 18 heavy (non-hydrogen) atoms. The second-order valence-corrected chi connectivity index (χ2v) is 5.51. The van der Waals surface area contributed by atoms with E-state index in [0.29, 0.717) is 0 Å². The monoisotopic (exact) mass is 271 g/mol. The summed E-state index contributed by atoms with van der Waals surface area (Å²) in [5.74, 6) is 0.802. The molecule has 4 heteroatoms. The van der Waals surface area contributed by atoms with Crippen molar-refractivity contribution in [2.75, 3.05) is 19.5 Å². The summed E-state index contributed by atoms with van der Waals surface area (Å²) in [6, 6.07) is 6.77. The lowest BCUT2D eigenvalue weighted by molar-refractivity contribution is 0.200. The Morgan fingerprint density at radius 2 is 2.00 bits per heavy atom. The van der Waals surface area contributed by atoms with Gasteiger partial charge in [-0.2, -0.15) is 11.8 Å². The smallest absolute Gasteiger partial charge is 0.123 e. The summed E-state index contributed by atoms with van der Waals surface area (Å²) in [4.78, 5) is 0. The van der Waals surface area contributed by atoms with Crippen LogP contribution in [0.2, 0.25) is 0 Å². The number of benzene rings is 1. The Morgan fingerprint density at radius 1 is 1.33 bits per heavy atom. The highest BCUT2D eigenvalue weighted by molar-refractivity contribution is 7.99. The van der Waals surface area contributed by atoms with Crippen LogP contribution in [0.15, 0.2) is 24.3 Å². The van der Waals surface area contributed by atoms with Gasteiger partial charge >= 0.3 is 0 Å². The number of halogens is 1. The van der Waals surface area contributed by atoms with Crippen LogP contribution >= 0.6 is 11.8 Å². The minimum atomic E-state index is -0.202. The third-order valence-electron chi connectivity index (χ3n) is 2.85. The summed E-state index contributed by atoms with van der Waals surface area (Å²) in [6.45, 7) is 2.85. The molecule has 0 heterocycles. The molecule has 2 nitrogen and oxygen atoms in total. The van der Waals surface area contributed by atoms with Crippen molar-refractivity contribution in [3.8, 4) is 0 Å². The first-order chi connectivity index (χ1) is 8.69. The van der Waals surface area contributed by atoms with Crippen LogP contribution in [0, 0.1) is 5.82 Å². The molecule has 2 N–H and O–H groups in total. The summed E-state index contributed by atoms with van der Waals surface area (Å²) in [6.07, 6.45) is 1.93. The van der Waals surface area contributed by atoms with Crippen molar-refractivity contribution in [1.29, 1.82) is 0 Å². The van der Waals surface area contributed by atoms with E-state index < -0.39 is 0 Å². The van der Waals surface area contributed by atoms with E-state index in [1.807, 2.05) is 23.9 Å². The average molecular weight is 271 g/mol. The molecular formula is C14H22FNOS. The molecule has 102 valence electrons. The predicted octanol–water partition coefficient (Wildman–Crippen LogP) is 3.37. The lowest BCUT2D eigenvalue weighted by Gasteiger charge is -2.23. The fourth-order valence-electron chi connectivity index (χ4n) is 1.75. The molecule has 0 radical (unpaired) electrons. The lowest BCUT2D eigenvalue weighted by atomic mass is 10.0. The second-order valence-electron chi connectivity index (χ2n) is 4.26. The standard InChI is InChI=1S/C14H22FNOS/c1-3-13(16)14(18-10-4-9-17-2)11-5-7-12(15)8-6-11/h5-8,13-14H,3-4,9-10,16H2,1-2H3. The molecule has 0 spiro atoms. The Bertz CT molecular complexity index is 331. The maximum atomic E-state index is 12.9. The maximum absolute atomic E-state index is 12.9. The van der Waals surface area contributed by atoms with Crippen LogP contribution in [-0.4, -0.2) is 25.5 Å². The normalized spacial score (nSPS) is 14.4. The molecule has 1 rings (SSSR count). The van der Waals surface area contributed by atoms with Gasteiger partial charge in [-0.1, -0.05) is 19.1 Å². The van der Waals surface area contributed by atoms with Crippen LogP contribution in [0.3, 0.4) is 0 Å². The quantitative estimate of drug-likeness (QED) is 0.736. The van der Waals surface area contributed by atoms with Crippen LogP contribution in [0.4, 0.5) is 4.39 Å². The van der Waals surface area contributed by atoms with Gasteiger partial charge < -0.3 is 10.5 Å². The first-order valence-corrected chi connectivity index (χ1v) is 7.35. The van der Waals surface area contributed by atoms with E-state index in [4.69, 9.17) is 10.5 Å². The van der Waals surface area contributed by atoms with Gasteiger partial charge in [0.15, 0.2) is 0 Å². The fourth-order valence-corrected chi connectivity index (χ4v) is 3.07. The van der Waals surface area contributed by atoms with Crippen molar-refractivity contribution in [1.82, 2.24) is 0 Å². The van der Waals surface area contributed by atoms with Crippen LogP contribution in [-0.2, 0) is 4.74 Å². The molecule has 0 aliphatic rings. The number of nitrogens with two attached hydrogens (primary N) is 1. The van der Waals surface area contributed by atoms with Gasteiger partial charge in [-0.3, -0.25) is 0 Å². The first-order valence-electron chi connectivity index (χ1n) is 6.30. The largest absolute Gasteiger partial charge is 0.385 e. The Labute approximate surface area is 113 Å². The molecule has 1 aromatic carbocycles. The van der Waals surface area contributed by atoms with Crippen molar-refractivity contribution in [2.24, 2.45) is 5.73 Å². The molecular weight excluding hydrogens is 249 g/mol. The van der Waals surface area contributed by atoms with Gasteiger partial charge in [0, 0.05) is 25.0 Å². The number of hydrogen-bond acceptors (Lipinski definition) is 3. The van der Waals surface area contributed by atoms with Crippen molar-refractivity contribution < 1.29 is 9.13 Å². The van der Waals surface area contributed by atoms with E-state index in [1.54, 1.807) is 7.11 Å². The Hall–Kier alpha value is -0.580. The van der Waals surface area contributed by atoms with Gasteiger partial charge in [-0.05, 0) is 36.3 Å². The fraction of sp³-hybridized carbons (Fsp3) is 0.571. The lowest BCUT2D eigenvalue weighted by Crippen LogP contribution is -2.26. The molecule has 1 aromatic rings. The second kappa shape index (κ2) is 8.51. The van der Waals surface area contributed by atoms with Crippen molar-refractivity contribution in [3.05, 3.63) is 35.6 Å². The van der Waals surface area contributed by atoms with E-state index >= 15 is 0 Å². The predicted molar refractivity (Wildman–Crippen MR) is 76.4 cm³/mol. The average Bonchev–Trinajstić information content (AvgIpc) is 2.39. The van der Waals surface area contributed by atoms with Gasteiger partial charge in [-0.25, -0.2) is 4.39 Å². The van der Waals surface area contributed by atoms with E-state index in [0.717, 1.165) is 30.8 Å². The van der Waals surface area contributed by atoms with Crippen molar-refractivity contribution in [3.63, 3.8) is 0 Å². The Balaban J connectivity index is 2.63. The molecule has 0 aliphatic heterocycles. The van der Waals surface area contributed by atoms with E-state index in [-0.39, 0.29) is 17.1 Å². The van der Waals surface area contributed by atoms with Crippen LogP contribution in [0.1, 0.15) is 30.6 Å². The van der Waals surface area contributed by atoms with Gasteiger partial charge in [0.1, 0.15) is 5.82 Å². The van der Waals surface area contributed by atoms with Gasteiger partial charge in [0.25, 0.3) is 0 Å². The molecule has 0 saturated heterocycles. The zero-order valence-corrected chi connectivity index (χ0v) is 11.9. The molecule has 0 saturated carbocycles. The minimum Gasteiger partial charge on any atom is -0.385 e. The maximum Gasteiger partial charge on any atom is 0.123 e. The molecule has 2 unspecified atom stereocenters. The molecule has 0 fully saturated rings. The van der Waals surface area contributed by atoms with Gasteiger partial charge in [0.2, 0.25) is 0 Å². The highest BCUT2D eigenvalue weighted by Gasteiger charge is 2.18. The molecule has 0 bridgehead atoms. The number of rotatable bonds is 8. The van der Waals surface area contributed by atoms with Crippen LogP contribution < -0.4 is 5.73 Å². The van der Waals surface area contributed by atoms with Gasteiger partial charge in [0.05, 0.1) is 0 Å². The summed E-state index contributed by atoms with van der Waals surface area (Å²) >= 11 is 1.83. The number of ether oxygens (including phenoxy) is 1. The van der Waals surface area contributed by atoms with Gasteiger partial charge in [-0.15, -0.1) is 0 Å². The molecule has 2 atom stereocenters. The number of hydrogen-bond donors (Lipinski definition) is 1. The highest BCUT2D eigenvalue weighted by atomic mass is 32.2. The summed E-state index contributed by atoms with van der Waals surface area (Å²) < 4.78 is 18.0. The first kappa shape index (κ1) is 15.5. The van der Waals surface area contributed by atoms with Crippen molar-refractivity contribution in [2.45, 2.75) is 31.1 Å². The van der Waals surface area contributed by atoms with E-state index in [2.05, 4.69) is 6.92 Å². The third kappa shape index (κ3) is 4.96. The molecule has 0 aliphatic carbocycles. The Morgan fingerprint density at radius 3 is 2.56 bits per heavy atom. The van der Waals surface area contributed by atoms with E-state index in [1.165, 1.54) is 12.1 Å². The number of methoxy groups -OCH3 is 1. The zero-order chi connectivity index (χ0) is 13.4. The topological polar surface area (TPSA) is 35.2 Å². The third-order valence-corrected chi connectivity index (χ3v) is 4.35. The van der Waals surface area contributed by atoms with Crippen molar-refractivity contribution >= 4 is 11.8 Å². The molecule has 0 amide bonds. The summed E-state index contributed by atoms with van der Waals surface area (Å²) in [5, 5.41) is 0.229. The SMILES string of the molecule is CCC(N)C(SCCCOC)c1ccc(F)cc1. The number of thioether (sulfide) groups is 1. The van der Waals surface area contributed by atoms with Crippen LogP contribution in [0.5, 0.6) is 0 Å². The molecule has 0 aromatic heterocycles. The summed E-state index contributed by atoms with van der Waals surface area (Å²) in [5.41, 5.74) is 7.26. The van der Waals surface area contributed by atoms with Crippen LogP contribution in [0.25, 0.3) is 0 Å². The highest BCUT2D eigenvalue weighted by Crippen LogP contribution is 2.33. The summed E-state index contributed by atoms with van der Waals surface area (Å²) in [7, 11) is 1.71. The van der Waals surface area contributed by atoms with E-state index in [9.17, 15) is 4.39 Å². The zero-order valence-electron chi connectivity index (χ0n) is 11.1.